The molecule has 0 saturated carbocycles. The van der Waals surface area contributed by atoms with E-state index in [1.54, 1.807) is 20.3 Å². The number of methoxy groups -OCH3 is 2. The number of unbranched alkanes of at least 4 members (excludes halogenated alkanes) is 1. The van der Waals surface area contributed by atoms with Crippen molar-refractivity contribution in [3.8, 4) is 11.5 Å². The van der Waals surface area contributed by atoms with Crippen LogP contribution in [0.1, 0.15) is 28.8 Å². The van der Waals surface area contributed by atoms with Gasteiger partial charge in [-0.25, -0.2) is 0 Å². The number of benzene rings is 2. The van der Waals surface area contributed by atoms with E-state index in [0.29, 0.717) is 5.56 Å². The zero-order valence-electron chi connectivity index (χ0n) is 18.9. The molecule has 1 fully saturated rings. The molecule has 7 nitrogen and oxygen atoms in total. The summed E-state index contributed by atoms with van der Waals surface area (Å²) in [5.41, 5.74) is 9.42. The summed E-state index contributed by atoms with van der Waals surface area (Å²) in [6, 6.07) is 11.6. The van der Waals surface area contributed by atoms with Crippen LogP contribution in [0, 0.1) is 0 Å². The highest BCUT2D eigenvalue weighted by Gasteiger charge is 2.20. The number of fused-ring (bicyclic) bond motifs is 1. The van der Waals surface area contributed by atoms with E-state index in [1.807, 2.05) is 24.3 Å². The quantitative estimate of drug-likeness (QED) is 0.502. The molecule has 1 amide bonds. The fourth-order valence-electron chi connectivity index (χ4n) is 4.45. The molecule has 1 aliphatic heterocycles. The van der Waals surface area contributed by atoms with E-state index < -0.39 is 0 Å². The third-order valence-electron chi connectivity index (χ3n) is 6.32. The van der Waals surface area contributed by atoms with Gasteiger partial charge in [-0.05, 0) is 61.7 Å². The normalized spacial score (nSPS) is 14.6. The molecule has 0 radical (unpaired) electrons. The third-order valence-corrected chi connectivity index (χ3v) is 6.32. The number of hydrogen-bond acceptors (Lipinski definition) is 5. The minimum atomic E-state index is -0.384. The van der Waals surface area contributed by atoms with Crippen molar-refractivity contribution in [2.45, 2.75) is 19.3 Å². The van der Waals surface area contributed by atoms with E-state index in [4.69, 9.17) is 15.2 Å². The smallest absolute Gasteiger partial charge is 0.248 e. The van der Waals surface area contributed by atoms with Gasteiger partial charge in [0, 0.05) is 54.9 Å². The van der Waals surface area contributed by atoms with Gasteiger partial charge in [-0.2, -0.15) is 0 Å². The van der Waals surface area contributed by atoms with E-state index in [2.05, 4.69) is 27.0 Å². The molecule has 1 saturated heterocycles. The van der Waals surface area contributed by atoms with Crippen molar-refractivity contribution in [2.75, 3.05) is 51.8 Å². The Morgan fingerprint density at radius 1 is 1.03 bits per heavy atom. The molecule has 0 unspecified atom stereocenters. The topological polar surface area (TPSA) is 83.8 Å². The maximum atomic E-state index is 11.5. The lowest BCUT2D eigenvalue weighted by Gasteiger charge is -2.36. The zero-order valence-corrected chi connectivity index (χ0v) is 18.9. The van der Waals surface area contributed by atoms with E-state index in [1.165, 1.54) is 5.56 Å². The van der Waals surface area contributed by atoms with Crippen molar-refractivity contribution in [2.24, 2.45) is 5.73 Å². The van der Waals surface area contributed by atoms with Crippen LogP contribution in [0.25, 0.3) is 10.9 Å². The van der Waals surface area contributed by atoms with Gasteiger partial charge in [0.25, 0.3) is 0 Å². The zero-order chi connectivity index (χ0) is 22.5. The number of aryl methyl sites for hydroxylation is 1. The summed E-state index contributed by atoms with van der Waals surface area (Å²) in [5.74, 6) is 1.28. The average molecular weight is 437 g/mol. The minimum Gasteiger partial charge on any atom is -0.497 e. The SMILES string of the molecule is COc1ccc(N2CCN(CCCCc3c[nH]c4ccc(C(N)=O)cc34)CC2)c(OC)c1. The van der Waals surface area contributed by atoms with Gasteiger partial charge >= 0.3 is 0 Å². The van der Waals surface area contributed by atoms with E-state index in [9.17, 15) is 4.79 Å². The van der Waals surface area contributed by atoms with Gasteiger partial charge in [0.2, 0.25) is 5.91 Å². The van der Waals surface area contributed by atoms with Gasteiger partial charge in [0.15, 0.2) is 0 Å². The molecular formula is C25H32N4O3. The summed E-state index contributed by atoms with van der Waals surface area (Å²) in [6.07, 6.45) is 5.30. The molecule has 1 aliphatic rings. The van der Waals surface area contributed by atoms with Crippen molar-refractivity contribution in [1.29, 1.82) is 0 Å². The standard InChI is InChI=1S/C25H32N4O3/c1-31-20-7-9-23(24(16-20)32-2)29-13-11-28(12-14-29)10-4-3-5-19-17-27-22-8-6-18(25(26)30)15-21(19)22/h6-9,15-17,27H,3-5,10-14H2,1-2H3,(H2,26,30). The van der Waals surface area contributed by atoms with Crippen molar-refractivity contribution >= 4 is 22.5 Å². The van der Waals surface area contributed by atoms with Crippen LogP contribution >= 0.6 is 0 Å². The van der Waals surface area contributed by atoms with Crippen LogP contribution in [-0.2, 0) is 6.42 Å². The van der Waals surface area contributed by atoms with Crippen LogP contribution in [0.15, 0.2) is 42.6 Å². The van der Waals surface area contributed by atoms with Crippen LogP contribution in [0.5, 0.6) is 11.5 Å². The Morgan fingerprint density at radius 2 is 1.84 bits per heavy atom. The second-order valence-electron chi connectivity index (χ2n) is 8.26. The Bertz CT molecular complexity index is 1070. The number of amides is 1. The highest BCUT2D eigenvalue weighted by atomic mass is 16.5. The number of nitrogens with zero attached hydrogens (tertiary/aromatic N) is 2. The van der Waals surface area contributed by atoms with Crippen molar-refractivity contribution in [1.82, 2.24) is 9.88 Å². The molecule has 2 heterocycles. The summed E-state index contributed by atoms with van der Waals surface area (Å²) in [7, 11) is 3.38. The van der Waals surface area contributed by atoms with E-state index in [-0.39, 0.29) is 5.91 Å². The molecule has 3 N–H and O–H groups in total. The third kappa shape index (κ3) is 4.83. The first kappa shape index (κ1) is 22.0. The van der Waals surface area contributed by atoms with Crippen molar-refractivity contribution in [3.63, 3.8) is 0 Å². The molecular weight excluding hydrogens is 404 g/mol. The number of aromatic nitrogens is 1. The number of carbonyl (C=O) groups excluding carboxylic acids is 1. The van der Waals surface area contributed by atoms with Gasteiger partial charge in [0.1, 0.15) is 11.5 Å². The van der Waals surface area contributed by atoms with Crippen LogP contribution in [0.3, 0.4) is 0 Å². The second kappa shape index (κ2) is 9.96. The largest absolute Gasteiger partial charge is 0.497 e. The van der Waals surface area contributed by atoms with E-state index in [0.717, 1.165) is 80.1 Å². The second-order valence-corrected chi connectivity index (χ2v) is 8.26. The lowest BCUT2D eigenvalue weighted by molar-refractivity contribution is 0.100. The first-order valence-electron chi connectivity index (χ1n) is 11.2. The average Bonchev–Trinajstić information content (AvgIpc) is 3.24. The predicted molar refractivity (Wildman–Crippen MR) is 128 cm³/mol. The Kier molecular flexibility index (Phi) is 6.85. The summed E-state index contributed by atoms with van der Waals surface area (Å²) in [6.45, 7) is 5.17. The Balaban J connectivity index is 1.25. The molecule has 32 heavy (non-hydrogen) atoms. The first-order valence-corrected chi connectivity index (χ1v) is 11.2. The highest BCUT2D eigenvalue weighted by molar-refractivity contribution is 5.97. The number of hydrogen-bond donors (Lipinski definition) is 2. The summed E-state index contributed by atoms with van der Waals surface area (Å²) < 4.78 is 10.9. The monoisotopic (exact) mass is 436 g/mol. The number of rotatable bonds is 9. The predicted octanol–water partition coefficient (Wildman–Crippen LogP) is 3.43. The maximum Gasteiger partial charge on any atom is 0.248 e. The number of piperazine rings is 1. The number of primary amides is 1. The molecule has 0 bridgehead atoms. The molecule has 0 aliphatic carbocycles. The van der Waals surface area contributed by atoms with Crippen LogP contribution in [0.2, 0.25) is 0 Å². The Labute approximate surface area is 189 Å². The van der Waals surface area contributed by atoms with E-state index >= 15 is 0 Å². The molecule has 4 rings (SSSR count). The number of ether oxygens (including phenoxy) is 2. The van der Waals surface area contributed by atoms with Gasteiger partial charge < -0.3 is 25.1 Å². The molecule has 0 spiro atoms. The fraction of sp³-hybridized carbons (Fsp3) is 0.400. The Hall–Kier alpha value is -3.19. The van der Waals surface area contributed by atoms with Gasteiger partial charge in [-0.15, -0.1) is 0 Å². The fourth-order valence-corrected chi connectivity index (χ4v) is 4.45. The lowest BCUT2D eigenvalue weighted by atomic mass is 10.0. The molecule has 1 aromatic heterocycles. The summed E-state index contributed by atoms with van der Waals surface area (Å²) in [5, 5.41) is 1.10. The van der Waals surface area contributed by atoms with Gasteiger partial charge in [-0.3, -0.25) is 9.69 Å². The number of aromatic amines is 1. The lowest BCUT2D eigenvalue weighted by Crippen LogP contribution is -2.46. The summed E-state index contributed by atoms with van der Waals surface area (Å²) >= 11 is 0. The maximum absolute atomic E-state index is 11.5. The van der Waals surface area contributed by atoms with Crippen LogP contribution < -0.4 is 20.1 Å². The number of carbonyl (C=O) groups is 1. The highest BCUT2D eigenvalue weighted by Crippen LogP contribution is 2.32. The molecule has 7 heteroatoms. The van der Waals surface area contributed by atoms with Crippen molar-refractivity contribution < 1.29 is 14.3 Å². The van der Waals surface area contributed by atoms with Crippen LogP contribution in [0.4, 0.5) is 5.69 Å². The minimum absolute atomic E-state index is 0.384. The molecule has 3 aromatic rings. The van der Waals surface area contributed by atoms with Crippen LogP contribution in [-0.4, -0.2) is 62.7 Å². The van der Waals surface area contributed by atoms with Crippen molar-refractivity contribution in [3.05, 3.63) is 53.7 Å². The molecule has 2 aromatic carbocycles. The summed E-state index contributed by atoms with van der Waals surface area (Å²) in [4.78, 5) is 19.7. The first-order chi connectivity index (χ1) is 15.6. The Morgan fingerprint density at radius 3 is 2.56 bits per heavy atom. The number of H-pyrrole nitrogens is 1. The number of anilines is 1. The molecule has 170 valence electrons. The van der Waals surface area contributed by atoms with Gasteiger partial charge in [-0.1, -0.05) is 0 Å². The number of nitrogens with one attached hydrogen (secondary N) is 1. The van der Waals surface area contributed by atoms with Gasteiger partial charge in [0.05, 0.1) is 19.9 Å². The number of nitrogens with two attached hydrogens (primary N) is 1. The molecule has 0 atom stereocenters.